The van der Waals surface area contributed by atoms with Gasteiger partial charge in [-0.15, -0.1) is 11.3 Å². The maximum absolute atomic E-state index is 3.69. The number of hydrogen-bond donors (Lipinski definition) is 1. The summed E-state index contributed by atoms with van der Waals surface area (Å²) in [6.07, 6.45) is 1.03. The number of rotatable bonds is 5. The van der Waals surface area contributed by atoms with Crippen LogP contribution in [0, 0.1) is 0 Å². The Morgan fingerprint density at radius 3 is 2.17 bits per heavy atom. The molecule has 4 aromatic rings. The fraction of sp³-hybridized carbons (Fsp3) is 0.0909. The van der Waals surface area contributed by atoms with E-state index in [9.17, 15) is 0 Å². The molecule has 0 amide bonds. The normalized spacial score (nSPS) is 10.8. The van der Waals surface area contributed by atoms with E-state index in [4.69, 9.17) is 0 Å². The Balaban J connectivity index is 1.65. The van der Waals surface area contributed by atoms with Gasteiger partial charge in [0.25, 0.3) is 0 Å². The molecule has 0 saturated carbocycles. The monoisotopic (exact) mass is 329 g/mol. The third-order valence-corrected chi connectivity index (χ3v) is 5.41. The van der Waals surface area contributed by atoms with E-state index in [2.05, 4.69) is 90.2 Å². The fourth-order valence-corrected chi connectivity index (χ4v) is 4.17. The van der Waals surface area contributed by atoms with E-state index in [-0.39, 0.29) is 0 Å². The molecule has 1 heterocycles. The Morgan fingerprint density at radius 2 is 1.38 bits per heavy atom. The average Bonchev–Trinajstić information content (AvgIpc) is 3.02. The van der Waals surface area contributed by atoms with E-state index in [1.54, 1.807) is 0 Å². The second-order valence-electron chi connectivity index (χ2n) is 5.83. The number of fused-ring (bicyclic) bond motifs is 1. The van der Waals surface area contributed by atoms with Gasteiger partial charge in [-0.2, -0.15) is 0 Å². The van der Waals surface area contributed by atoms with Crippen LogP contribution in [0.4, 0.5) is 5.69 Å². The number of nitrogens with one attached hydrogen (secondary N) is 1. The van der Waals surface area contributed by atoms with Crippen molar-refractivity contribution in [3.63, 3.8) is 0 Å². The van der Waals surface area contributed by atoms with Crippen molar-refractivity contribution in [2.75, 3.05) is 11.9 Å². The third-order valence-electron chi connectivity index (χ3n) is 4.19. The number of benzene rings is 3. The molecule has 0 atom stereocenters. The second-order valence-corrected chi connectivity index (χ2v) is 6.88. The first-order chi connectivity index (χ1) is 11.9. The minimum Gasteiger partial charge on any atom is -0.383 e. The van der Waals surface area contributed by atoms with Gasteiger partial charge in [0.15, 0.2) is 0 Å². The number of hydrogen-bond acceptors (Lipinski definition) is 2. The largest absolute Gasteiger partial charge is 0.383 e. The average molecular weight is 329 g/mol. The van der Waals surface area contributed by atoms with Crippen molar-refractivity contribution in [2.45, 2.75) is 6.42 Å². The van der Waals surface area contributed by atoms with Crippen molar-refractivity contribution >= 4 is 27.1 Å². The van der Waals surface area contributed by atoms with Gasteiger partial charge in [0.05, 0.1) is 10.6 Å². The summed E-state index contributed by atoms with van der Waals surface area (Å²) in [4.78, 5) is 1.32. The third kappa shape index (κ3) is 3.06. The predicted octanol–water partition coefficient (Wildman–Crippen LogP) is 6.22. The van der Waals surface area contributed by atoms with Crippen LogP contribution in [0.1, 0.15) is 5.56 Å². The summed E-state index contributed by atoms with van der Waals surface area (Å²) in [6.45, 7) is 0.935. The van der Waals surface area contributed by atoms with Gasteiger partial charge in [0.2, 0.25) is 0 Å². The summed E-state index contributed by atoms with van der Waals surface area (Å²) >= 11 is 1.86. The first-order valence-corrected chi connectivity index (χ1v) is 9.08. The molecule has 0 aliphatic carbocycles. The van der Waals surface area contributed by atoms with Gasteiger partial charge in [-0.1, -0.05) is 78.9 Å². The SMILES string of the molecule is c1ccc(CCNc2c(-c3ccccc3)sc3ccccc23)cc1. The molecule has 3 aromatic carbocycles. The Hall–Kier alpha value is -2.58. The Kier molecular flexibility index (Phi) is 4.30. The molecule has 1 nitrogen and oxygen atoms in total. The van der Waals surface area contributed by atoms with Crippen LogP contribution in [-0.2, 0) is 6.42 Å². The highest BCUT2D eigenvalue weighted by Gasteiger charge is 2.13. The molecular formula is C22H19NS. The van der Waals surface area contributed by atoms with Crippen LogP contribution >= 0.6 is 11.3 Å². The van der Waals surface area contributed by atoms with Crippen molar-refractivity contribution in [3.8, 4) is 10.4 Å². The highest BCUT2D eigenvalue weighted by atomic mass is 32.1. The summed E-state index contributed by atoms with van der Waals surface area (Å²) in [6, 6.07) is 29.9. The molecular weight excluding hydrogens is 310 g/mol. The molecule has 1 aromatic heterocycles. The highest BCUT2D eigenvalue weighted by molar-refractivity contribution is 7.23. The Labute approximate surface area is 146 Å². The molecule has 0 fully saturated rings. The highest BCUT2D eigenvalue weighted by Crippen LogP contribution is 2.42. The van der Waals surface area contributed by atoms with E-state index >= 15 is 0 Å². The lowest BCUT2D eigenvalue weighted by Gasteiger charge is -2.09. The van der Waals surface area contributed by atoms with Crippen LogP contribution in [0.15, 0.2) is 84.9 Å². The van der Waals surface area contributed by atoms with Crippen LogP contribution < -0.4 is 5.32 Å². The maximum atomic E-state index is 3.69. The van der Waals surface area contributed by atoms with Crippen LogP contribution in [0.2, 0.25) is 0 Å². The molecule has 118 valence electrons. The van der Waals surface area contributed by atoms with Crippen molar-refractivity contribution in [3.05, 3.63) is 90.5 Å². The second kappa shape index (κ2) is 6.90. The van der Waals surface area contributed by atoms with E-state index < -0.39 is 0 Å². The zero-order valence-electron chi connectivity index (χ0n) is 13.4. The van der Waals surface area contributed by atoms with Gasteiger partial charge in [0.1, 0.15) is 0 Å². The van der Waals surface area contributed by atoms with Gasteiger partial charge in [-0.05, 0) is 23.6 Å². The van der Waals surface area contributed by atoms with Crippen LogP contribution in [0.3, 0.4) is 0 Å². The van der Waals surface area contributed by atoms with E-state index in [0.717, 1.165) is 13.0 Å². The predicted molar refractivity (Wildman–Crippen MR) is 106 cm³/mol. The molecule has 0 aliphatic rings. The van der Waals surface area contributed by atoms with Crippen molar-refractivity contribution in [2.24, 2.45) is 0 Å². The molecule has 24 heavy (non-hydrogen) atoms. The summed E-state index contributed by atoms with van der Waals surface area (Å²) in [5.74, 6) is 0. The lowest BCUT2D eigenvalue weighted by molar-refractivity contribution is 1.02. The van der Waals surface area contributed by atoms with E-state index in [1.165, 1.54) is 31.8 Å². The zero-order valence-corrected chi connectivity index (χ0v) is 14.2. The zero-order chi connectivity index (χ0) is 16.2. The maximum Gasteiger partial charge on any atom is 0.0609 e. The molecule has 0 saturated heterocycles. The quantitative estimate of drug-likeness (QED) is 0.458. The molecule has 1 N–H and O–H groups in total. The topological polar surface area (TPSA) is 12.0 Å². The smallest absolute Gasteiger partial charge is 0.0609 e. The molecule has 0 radical (unpaired) electrons. The lowest BCUT2D eigenvalue weighted by atomic mass is 10.1. The summed E-state index contributed by atoms with van der Waals surface area (Å²) in [7, 11) is 0. The first-order valence-electron chi connectivity index (χ1n) is 8.26. The number of thiophene rings is 1. The van der Waals surface area contributed by atoms with Gasteiger partial charge in [-0.25, -0.2) is 0 Å². The Bertz CT molecular complexity index is 926. The summed E-state index contributed by atoms with van der Waals surface area (Å²) < 4.78 is 1.33. The van der Waals surface area contributed by atoms with Crippen LogP contribution in [-0.4, -0.2) is 6.54 Å². The molecule has 0 aliphatic heterocycles. The standard InChI is InChI=1S/C22H19NS/c1-3-9-17(10-4-1)15-16-23-21-19-13-7-8-14-20(19)24-22(21)18-11-5-2-6-12-18/h1-14,23H,15-16H2. The molecule has 2 heteroatoms. The summed E-state index contributed by atoms with van der Waals surface area (Å²) in [5, 5.41) is 5.01. The number of anilines is 1. The van der Waals surface area contributed by atoms with Gasteiger partial charge in [0, 0.05) is 16.6 Å². The van der Waals surface area contributed by atoms with Crippen LogP contribution in [0.5, 0.6) is 0 Å². The fourth-order valence-electron chi connectivity index (χ4n) is 2.99. The van der Waals surface area contributed by atoms with Crippen molar-refractivity contribution in [1.82, 2.24) is 0 Å². The van der Waals surface area contributed by atoms with Crippen molar-refractivity contribution in [1.29, 1.82) is 0 Å². The molecule has 0 spiro atoms. The minimum atomic E-state index is 0.935. The van der Waals surface area contributed by atoms with E-state index in [0.29, 0.717) is 0 Å². The summed E-state index contributed by atoms with van der Waals surface area (Å²) in [5.41, 5.74) is 3.91. The van der Waals surface area contributed by atoms with Gasteiger partial charge in [-0.3, -0.25) is 0 Å². The van der Waals surface area contributed by atoms with Crippen LogP contribution in [0.25, 0.3) is 20.5 Å². The van der Waals surface area contributed by atoms with E-state index in [1.807, 2.05) is 11.3 Å². The molecule has 0 unspecified atom stereocenters. The first kappa shape index (κ1) is 15.0. The molecule has 4 rings (SSSR count). The minimum absolute atomic E-state index is 0.935. The lowest BCUT2D eigenvalue weighted by Crippen LogP contribution is -2.05. The Morgan fingerprint density at radius 1 is 0.708 bits per heavy atom. The van der Waals surface area contributed by atoms with Gasteiger partial charge < -0.3 is 5.32 Å². The molecule has 0 bridgehead atoms. The van der Waals surface area contributed by atoms with Gasteiger partial charge >= 0.3 is 0 Å². The van der Waals surface area contributed by atoms with Crippen molar-refractivity contribution < 1.29 is 0 Å².